The third-order valence-electron chi connectivity index (χ3n) is 2.46. The zero-order valence-corrected chi connectivity index (χ0v) is 11.1. The van der Waals surface area contributed by atoms with Crippen molar-refractivity contribution in [3.63, 3.8) is 0 Å². The van der Waals surface area contributed by atoms with Crippen molar-refractivity contribution in [2.75, 3.05) is 14.2 Å². The minimum absolute atomic E-state index is 0.380. The average molecular weight is 276 g/mol. The summed E-state index contributed by atoms with van der Waals surface area (Å²) in [5, 5.41) is 2.44. The van der Waals surface area contributed by atoms with Crippen LogP contribution in [-0.4, -0.2) is 25.8 Å². The van der Waals surface area contributed by atoms with Crippen LogP contribution in [0.2, 0.25) is 0 Å². The summed E-state index contributed by atoms with van der Waals surface area (Å²) in [4.78, 5) is 11.1. The summed E-state index contributed by atoms with van der Waals surface area (Å²) in [6.45, 7) is 1.72. The molecule has 0 fully saturated rings. The molecule has 0 saturated carbocycles. The number of alkyl halides is 2. The van der Waals surface area contributed by atoms with E-state index in [1.54, 1.807) is 25.1 Å². The molecule has 0 bridgehead atoms. The van der Waals surface area contributed by atoms with Gasteiger partial charge in [-0.05, 0) is 24.6 Å². The predicted molar refractivity (Wildman–Crippen MR) is 66.9 cm³/mol. The van der Waals surface area contributed by atoms with Crippen LogP contribution in [0.4, 0.5) is 4.39 Å². The van der Waals surface area contributed by atoms with Crippen molar-refractivity contribution in [1.29, 1.82) is 0 Å². The molecule has 6 heteroatoms. The molecule has 1 aromatic rings. The van der Waals surface area contributed by atoms with Gasteiger partial charge in [-0.1, -0.05) is 17.7 Å². The highest BCUT2D eigenvalue weighted by molar-refractivity contribution is 6.29. The van der Waals surface area contributed by atoms with Crippen LogP contribution < -0.4 is 14.8 Å². The molecule has 2 unspecified atom stereocenters. The third-order valence-corrected chi connectivity index (χ3v) is 2.66. The van der Waals surface area contributed by atoms with Crippen molar-refractivity contribution in [1.82, 2.24) is 5.32 Å². The number of amides is 1. The van der Waals surface area contributed by atoms with Crippen LogP contribution in [0.15, 0.2) is 18.2 Å². The lowest BCUT2D eigenvalue weighted by Gasteiger charge is -2.16. The number of ether oxygens (including phenoxy) is 2. The van der Waals surface area contributed by atoms with Crippen molar-refractivity contribution < 1.29 is 18.7 Å². The van der Waals surface area contributed by atoms with Crippen LogP contribution in [0.3, 0.4) is 0 Å². The second-order valence-electron chi connectivity index (χ2n) is 3.65. The van der Waals surface area contributed by atoms with Gasteiger partial charge in [-0.15, -0.1) is 0 Å². The fourth-order valence-electron chi connectivity index (χ4n) is 1.48. The molecule has 18 heavy (non-hydrogen) atoms. The molecule has 0 aliphatic rings. The fraction of sp³-hybridized carbons (Fsp3) is 0.417. The van der Waals surface area contributed by atoms with Crippen molar-refractivity contribution >= 4 is 17.5 Å². The number of halogens is 2. The van der Waals surface area contributed by atoms with E-state index in [1.165, 1.54) is 14.2 Å². The molecule has 0 aliphatic heterocycles. The Morgan fingerprint density at radius 3 is 2.44 bits per heavy atom. The molecule has 0 aromatic heterocycles. The Bertz CT molecular complexity index is 426. The van der Waals surface area contributed by atoms with Gasteiger partial charge in [-0.3, -0.25) is 4.79 Å². The number of carbonyl (C=O) groups is 1. The highest BCUT2D eigenvalue weighted by Gasteiger charge is 2.17. The summed E-state index contributed by atoms with van der Waals surface area (Å²) in [7, 11) is 3.05. The minimum Gasteiger partial charge on any atom is -0.493 e. The first-order chi connectivity index (χ1) is 8.49. The van der Waals surface area contributed by atoms with Gasteiger partial charge in [0.2, 0.25) is 0 Å². The van der Waals surface area contributed by atoms with E-state index in [4.69, 9.17) is 21.1 Å². The molecule has 2 atom stereocenters. The monoisotopic (exact) mass is 275 g/mol. The van der Waals surface area contributed by atoms with E-state index in [9.17, 15) is 9.18 Å². The predicted octanol–water partition coefficient (Wildman–Crippen LogP) is 2.42. The molecular weight excluding hydrogens is 261 g/mol. The van der Waals surface area contributed by atoms with Crippen molar-refractivity contribution in [2.45, 2.75) is 18.6 Å². The third kappa shape index (κ3) is 3.50. The Hall–Kier alpha value is -1.49. The van der Waals surface area contributed by atoms with E-state index in [0.717, 1.165) is 5.56 Å². The van der Waals surface area contributed by atoms with Crippen molar-refractivity contribution in [2.24, 2.45) is 0 Å². The quantitative estimate of drug-likeness (QED) is 0.840. The number of carbonyl (C=O) groups excluding carboxylic acids is 1. The topological polar surface area (TPSA) is 47.6 Å². The van der Waals surface area contributed by atoms with E-state index in [0.29, 0.717) is 11.5 Å². The lowest BCUT2D eigenvalue weighted by atomic mass is 10.1. The summed E-state index contributed by atoms with van der Waals surface area (Å²) in [6, 6.07) is 4.80. The summed E-state index contributed by atoms with van der Waals surface area (Å²) >= 11 is 5.04. The van der Waals surface area contributed by atoms with Gasteiger partial charge in [0.25, 0.3) is 11.5 Å². The number of rotatable bonds is 5. The first-order valence-electron chi connectivity index (χ1n) is 5.30. The van der Waals surface area contributed by atoms with Crippen LogP contribution in [-0.2, 0) is 4.79 Å². The number of hydrogen-bond acceptors (Lipinski definition) is 3. The molecule has 0 saturated heterocycles. The largest absolute Gasteiger partial charge is 0.493 e. The molecule has 0 spiro atoms. The molecule has 0 aliphatic carbocycles. The molecule has 100 valence electrons. The number of methoxy groups -OCH3 is 2. The summed E-state index contributed by atoms with van der Waals surface area (Å²) < 4.78 is 22.8. The molecule has 0 heterocycles. The zero-order chi connectivity index (χ0) is 13.7. The first-order valence-corrected chi connectivity index (χ1v) is 5.73. The highest BCUT2D eigenvalue weighted by Crippen LogP contribution is 2.29. The molecule has 4 nitrogen and oxygen atoms in total. The Kier molecular flexibility index (Phi) is 5.22. The highest BCUT2D eigenvalue weighted by atomic mass is 35.5. The SMILES string of the molecule is COc1ccc(C(C)NC(=O)C(F)Cl)cc1OC. The molecule has 1 aromatic carbocycles. The zero-order valence-electron chi connectivity index (χ0n) is 10.4. The van der Waals surface area contributed by atoms with E-state index < -0.39 is 11.5 Å². The second-order valence-corrected chi connectivity index (χ2v) is 4.03. The molecule has 1 N–H and O–H groups in total. The molecule has 1 amide bonds. The summed E-state index contributed by atoms with van der Waals surface area (Å²) in [5.74, 6) is 0.262. The van der Waals surface area contributed by atoms with Crippen LogP contribution in [0.25, 0.3) is 0 Å². The van der Waals surface area contributed by atoms with Gasteiger partial charge in [0.05, 0.1) is 20.3 Å². The smallest absolute Gasteiger partial charge is 0.270 e. The number of benzene rings is 1. The molecule has 0 radical (unpaired) electrons. The normalized spacial score (nSPS) is 13.6. The maximum Gasteiger partial charge on any atom is 0.270 e. The van der Waals surface area contributed by atoms with Crippen LogP contribution >= 0.6 is 11.6 Å². The van der Waals surface area contributed by atoms with Gasteiger partial charge in [-0.25, -0.2) is 4.39 Å². The van der Waals surface area contributed by atoms with Gasteiger partial charge in [0.15, 0.2) is 11.5 Å². The number of hydrogen-bond donors (Lipinski definition) is 1. The summed E-state index contributed by atoms with van der Waals surface area (Å²) in [5.41, 5.74) is -1.29. The standard InChI is InChI=1S/C12H15ClFNO3/c1-7(15-12(16)11(13)14)8-4-5-9(17-2)10(6-8)18-3/h4-7,11H,1-3H3,(H,15,16). The lowest BCUT2D eigenvalue weighted by molar-refractivity contribution is -0.124. The molecular formula is C12H15ClFNO3. The maximum atomic E-state index is 12.5. The van der Waals surface area contributed by atoms with E-state index in [-0.39, 0.29) is 6.04 Å². The Balaban J connectivity index is 2.86. The van der Waals surface area contributed by atoms with E-state index in [2.05, 4.69) is 5.32 Å². The minimum atomic E-state index is -2.05. The van der Waals surface area contributed by atoms with Gasteiger partial charge in [0, 0.05) is 0 Å². The van der Waals surface area contributed by atoms with Gasteiger partial charge in [-0.2, -0.15) is 0 Å². The van der Waals surface area contributed by atoms with Crippen LogP contribution in [0.5, 0.6) is 11.5 Å². The van der Waals surface area contributed by atoms with E-state index >= 15 is 0 Å². The Morgan fingerprint density at radius 1 is 1.33 bits per heavy atom. The Morgan fingerprint density at radius 2 is 1.94 bits per heavy atom. The Labute approximate surface area is 110 Å². The first kappa shape index (κ1) is 14.6. The molecule has 1 rings (SSSR count). The average Bonchev–Trinajstić information content (AvgIpc) is 2.37. The van der Waals surface area contributed by atoms with Gasteiger partial charge in [0.1, 0.15) is 0 Å². The van der Waals surface area contributed by atoms with Crippen LogP contribution in [0, 0.1) is 0 Å². The van der Waals surface area contributed by atoms with E-state index in [1.807, 2.05) is 0 Å². The van der Waals surface area contributed by atoms with Gasteiger partial charge >= 0.3 is 0 Å². The second kappa shape index (κ2) is 6.44. The maximum absolute atomic E-state index is 12.5. The van der Waals surface area contributed by atoms with Crippen LogP contribution in [0.1, 0.15) is 18.5 Å². The van der Waals surface area contributed by atoms with Crippen molar-refractivity contribution in [3.8, 4) is 11.5 Å². The number of nitrogens with one attached hydrogen (secondary N) is 1. The fourth-order valence-corrected chi connectivity index (χ4v) is 1.54. The lowest BCUT2D eigenvalue weighted by Crippen LogP contribution is -2.31. The van der Waals surface area contributed by atoms with Gasteiger partial charge < -0.3 is 14.8 Å². The summed E-state index contributed by atoms with van der Waals surface area (Å²) in [6.07, 6.45) is 0. The van der Waals surface area contributed by atoms with Crippen molar-refractivity contribution in [3.05, 3.63) is 23.8 Å².